The summed E-state index contributed by atoms with van der Waals surface area (Å²) in [5.41, 5.74) is 0.988. The fourth-order valence-electron chi connectivity index (χ4n) is 1.55. The maximum atomic E-state index is 12.8. The van der Waals surface area contributed by atoms with E-state index in [1.54, 1.807) is 16.6 Å². The molecular weight excluding hydrogens is 402 g/mol. The average Bonchev–Trinajstić information content (AvgIpc) is 2.90. The van der Waals surface area contributed by atoms with Crippen LogP contribution < -0.4 is 5.32 Å². The summed E-state index contributed by atoms with van der Waals surface area (Å²) < 4.78 is 15.3. The predicted octanol–water partition coefficient (Wildman–Crippen LogP) is 3.80. The summed E-state index contributed by atoms with van der Waals surface area (Å²) in [7, 11) is 0. The molecular formula is C11H7ClFIN4S. The molecule has 0 atom stereocenters. The molecule has 0 bridgehead atoms. The summed E-state index contributed by atoms with van der Waals surface area (Å²) in [5, 5.41) is 8.76. The summed E-state index contributed by atoms with van der Waals surface area (Å²) in [6, 6.07) is 6.35. The number of anilines is 1. The lowest BCUT2D eigenvalue weighted by molar-refractivity contribution is 0.627. The number of rotatable bonds is 3. The number of nitrogens with zero attached hydrogens (tertiary/aromatic N) is 3. The number of hydrogen-bond donors (Lipinski definition) is 1. The van der Waals surface area contributed by atoms with Gasteiger partial charge in [-0.3, -0.25) is 0 Å². The minimum absolute atomic E-state index is 0.235. The quantitative estimate of drug-likeness (QED) is 0.670. The Balaban J connectivity index is 1.76. The molecule has 19 heavy (non-hydrogen) atoms. The number of aromatic nitrogens is 3. The summed E-state index contributed by atoms with van der Waals surface area (Å²) in [5.74, 6) is -0.235. The van der Waals surface area contributed by atoms with Gasteiger partial charge in [-0.1, -0.05) is 35.1 Å². The first-order valence-electron chi connectivity index (χ1n) is 5.32. The van der Waals surface area contributed by atoms with E-state index in [2.05, 4.69) is 38.0 Å². The second kappa shape index (κ2) is 5.22. The molecule has 3 aromatic rings. The van der Waals surface area contributed by atoms with Crippen LogP contribution in [0.1, 0.15) is 5.56 Å². The van der Waals surface area contributed by atoms with Crippen molar-refractivity contribution in [2.45, 2.75) is 6.54 Å². The van der Waals surface area contributed by atoms with Crippen molar-refractivity contribution < 1.29 is 4.39 Å². The summed E-state index contributed by atoms with van der Waals surface area (Å²) in [4.78, 5) is 4.93. The number of hydrogen-bond acceptors (Lipinski definition) is 4. The second-order valence-electron chi connectivity index (χ2n) is 3.78. The zero-order valence-electron chi connectivity index (χ0n) is 9.40. The normalized spacial score (nSPS) is 11.1. The van der Waals surface area contributed by atoms with Gasteiger partial charge in [0.15, 0.2) is 5.15 Å². The minimum atomic E-state index is -0.235. The van der Waals surface area contributed by atoms with Crippen molar-refractivity contribution in [1.82, 2.24) is 14.6 Å². The molecule has 4 nitrogen and oxygen atoms in total. The smallest absolute Gasteiger partial charge is 0.216 e. The van der Waals surface area contributed by atoms with Gasteiger partial charge < -0.3 is 5.32 Å². The lowest BCUT2D eigenvalue weighted by Gasteiger charge is -2.01. The summed E-state index contributed by atoms with van der Waals surface area (Å²) in [6.45, 7) is 0.585. The zero-order chi connectivity index (χ0) is 13.4. The molecule has 2 aromatic heterocycles. The number of benzene rings is 1. The van der Waals surface area contributed by atoms with Crippen molar-refractivity contribution >= 4 is 55.6 Å². The lowest BCUT2D eigenvalue weighted by atomic mass is 10.2. The highest BCUT2D eigenvalue weighted by Gasteiger charge is 2.12. The molecule has 0 fully saturated rings. The fraction of sp³-hybridized carbons (Fsp3) is 0.0909. The van der Waals surface area contributed by atoms with Crippen LogP contribution in [0.3, 0.4) is 0 Å². The Bertz CT molecular complexity index is 724. The monoisotopic (exact) mass is 408 g/mol. The van der Waals surface area contributed by atoms with E-state index in [0.29, 0.717) is 11.7 Å². The van der Waals surface area contributed by atoms with E-state index in [1.165, 1.54) is 23.5 Å². The van der Waals surface area contributed by atoms with E-state index in [9.17, 15) is 4.39 Å². The highest BCUT2D eigenvalue weighted by atomic mass is 127. The van der Waals surface area contributed by atoms with Crippen LogP contribution in [-0.4, -0.2) is 14.6 Å². The van der Waals surface area contributed by atoms with Gasteiger partial charge in [0.05, 0.1) is 0 Å². The average molecular weight is 409 g/mol. The van der Waals surface area contributed by atoms with Crippen LogP contribution in [0, 0.1) is 9.52 Å². The first kappa shape index (κ1) is 13.1. The van der Waals surface area contributed by atoms with Gasteiger partial charge in [0.25, 0.3) is 0 Å². The molecule has 0 unspecified atom stereocenters. The lowest BCUT2D eigenvalue weighted by Crippen LogP contribution is -2.00. The van der Waals surface area contributed by atoms with Crippen molar-refractivity contribution in [3.8, 4) is 0 Å². The van der Waals surface area contributed by atoms with E-state index < -0.39 is 0 Å². The Morgan fingerprint density at radius 1 is 1.37 bits per heavy atom. The molecule has 0 saturated carbocycles. The van der Waals surface area contributed by atoms with Crippen LogP contribution in [0.5, 0.6) is 0 Å². The van der Waals surface area contributed by atoms with Gasteiger partial charge >= 0.3 is 0 Å². The van der Waals surface area contributed by atoms with E-state index in [4.69, 9.17) is 11.6 Å². The van der Waals surface area contributed by atoms with E-state index in [-0.39, 0.29) is 5.82 Å². The molecule has 98 valence electrons. The number of halogens is 3. The van der Waals surface area contributed by atoms with Gasteiger partial charge in [0, 0.05) is 6.54 Å². The third-order valence-electron chi connectivity index (χ3n) is 2.47. The first-order valence-corrected chi connectivity index (χ1v) is 7.59. The van der Waals surface area contributed by atoms with Gasteiger partial charge in [0.1, 0.15) is 9.52 Å². The van der Waals surface area contributed by atoms with Crippen LogP contribution in [0.15, 0.2) is 24.3 Å². The van der Waals surface area contributed by atoms with Crippen molar-refractivity contribution in [3.63, 3.8) is 0 Å². The fourth-order valence-corrected chi connectivity index (χ4v) is 3.18. The van der Waals surface area contributed by atoms with Gasteiger partial charge in [-0.05, 0) is 40.3 Å². The third kappa shape index (κ3) is 2.67. The van der Waals surface area contributed by atoms with Crippen molar-refractivity contribution in [3.05, 3.63) is 44.5 Å². The molecule has 1 aromatic carbocycles. The van der Waals surface area contributed by atoms with Gasteiger partial charge in [0.2, 0.25) is 10.1 Å². The molecule has 0 aliphatic heterocycles. The van der Waals surface area contributed by atoms with Crippen molar-refractivity contribution in [2.24, 2.45) is 0 Å². The van der Waals surface area contributed by atoms with Crippen molar-refractivity contribution in [1.29, 1.82) is 0 Å². The van der Waals surface area contributed by atoms with Crippen LogP contribution in [0.2, 0.25) is 5.15 Å². The third-order valence-corrected chi connectivity index (χ3v) is 4.88. The minimum Gasteiger partial charge on any atom is -0.356 e. The molecule has 8 heteroatoms. The van der Waals surface area contributed by atoms with Crippen molar-refractivity contribution in [2.75, 3.05) is 5.32 Å². The molecule has 0 saturated heterocycles. The SMILES string of the molecule is Fc1ccc(CNc2nn3c(I)c(Cl)nc3s2)cc1. The predicted molar refractivity (Wildman–Crippen MR) is 82.3 cm³/mol. The number of fused-ring (bicyclic) bond motifs is 1. The Morgan fingerprint density at radius 3 is 2.79 bits per heavy atom. The highest BCUT2D eigenvalue weighted by molar-refractivity contribution is 14.1. The molecule has 0 amide bonds. The van der Waals surface area contributed by atoms with Gasteiger partial charge in [-0.2, -0.15) is 4.52 Å². The molecule has 2 heterocycles. The van der Waals surface area contributed by atoms with Crippen LogP contribution in [-0.2, 0) is 6.54 Å². The Labute approximate surface area is 130 Å². The van der Waals surface area contributed by atoms with E-state index in [0.717, 1.165) is 19.4 Å². The maximum Gasteiger partial charge on any atom is 0.216 e. The van der Waals surface area contributed by atoms with Gasteiger partial charge in [-0.25, -0.2) is 9.37 Å². The summed E-state index contributed by atoms with van der Waals surface area (Å²) >= 11 is 9.42. The topological polar surface area (TPSA) is 42.2 Å². The van der Waals surface area contributed by atoms with Crippen LogP contribution in [0.4, 0.5) is 9.52 Å². The first-order chi connectivity index (χ1) is 9.13. The Hall–Kier alpha value is -0.930. The number of nitrogens with one attached hydrogen (secondary N) is 1. The molecule has 0 spiro atoms. The molecule has 0 aliphatic carbocycles. The van der Waals surface area contributed by atoms with Crippen LogP contribution in [0.25, 0.3) is 4.96 Å². The Kier molecular flexibility index (Phi) is 3.59. The number of imidazole rings is 1. The van der Waals surface area contributed by atoms with Gasteiger partial charge in [-0.15, -0.1) is 5.10 Å². The Morgan fingerprint density at radius 2 is 2.11 bits per heavy atom. The largest absolute Gasteiger partial charge is 0.356 e. The summed E-state index contributed by atoms with van der Waals surface area (Å²) in [6.07, 6.45) is 0. The molecule has 0 radical (unpaired) electrons. The van der Waals surface area contributed by atoms with Crippen LogP contribution >= 0.6 is 45.5 Å². The molecule has 0 aliphatic rings. The van der Waals surface area contributed by atoms with E-state index in [1.807, 2.05) is 0 Å². The second-order valence-corrected chi connectivity index (χ2v) is 6.11. The zero-order valence-corrected chi connectivity index (χ0v) is 13.1. The van der Waals surface area contributed by atoms with E-state index >= 15 is 0 Å². The molecule has 3 rings (SSSR count). The standard InChI is InChI=1S/C11H7ClFIN4S/c12-8-9(14)18-11(16-8)19-10(17-18)15-5-6-1-3-7(13)4-2-6/h1-4H,5H2,(H,15,17). The highest BCUT2D eigenvalue weighted by Crippen LogP contribution is 2.26. The molecule has 1 N–H and O–H groups in total. The maximum absolute atomic E-state index is 12.8.